The van der Waals surface area contributed by atoms with E-state index in [2.05, 4.69) is 43.3 Å². The number of halogens is 1. The van der Waals surface area contributed by atoms with Crippen LogP contribution in [0.3, 0.4) is 0 Å². The Balaban J connectivity index is 2.51. The van der Waals surface area contributed by atoms with Crippen molar-refractivity contribution in [3.05, 3.63) is 23.7 Å². The molecular weight excluding hydrogens is 270 g/mol. The average molecular weight is 294 g/mol. The molecule has 0 saturated carbocycles. The van der Waals surface area contributed by atoms with Gasteiger partial charge in [-0.1, -0.05) is 27.7 Å². The first kappa shape index (κ1) is 15.3. The van der Waals surface area contributed by atoms with Crippen LogP contribution in [0, 0.1) is 18.3 Å². The van der Waals surface area contributed by atoms with E-state index in [4.69, 9.17) is 16.6 Å². The maximum absolute atomic E-state index is 5.93. The molecule has 0 spiro atoms. The Hall–Kier alpha value is -1.09. The van der Waals surface area contributed by atoms with Gasteiger partial charge in [-0.25, -0.2) is 9.97 Å². The van der Waals surface area contributed by atoms with Crippen molar-refractivity contribution in [1.29, 1.82) is 0 Å². The summed E-state index contributed by atoms with van der Waals surface area (Å²) in [6.45, 7) is 12.1. The number of hydrogen-bond donors (Lipinski definition) is 0. The summed E-state index contributed by atoms with van der Waals surface area (Å²) in [5.41, 5.74) is 3.29. The topological polar surface area (TPSA) is 30.7 Å². The molecule has 0 aliphatic heterocycles. The van der Waals surface area contributed by atoms with Crippen LogP contribution in [0.5, 0.6) is 0 Å². The lowest BCUT2D eigenvalue weighted by molar-refractivity contribution is 0.210. The van der Waals surface area contributed by atoms with E-state index in [1.165, 1.54) is 0 Å². The molecule has 20 heavy (non-hydrogen) atoms. The molecule has 0 N–H and O–H groups in total. The van der Waals surface area contributed by atoms with Crippen LogP contribution < -0.4 is 0 Å². The highest BCUT2D eigenvalue weighted by molar-refractivity contribution is 6.17. The van der Waals surface area contributed by atoms with Crippen molar-refractivity contribution in [1.82, 2.24) is 14.5 Å². The second-order valence-electron chi connectivity index (χ2n) is 6.55. The number of aromatic nitrogens is 3. The Morgan fingerprint density at radius 3 is 2.65 bits per heavy atom. The van der Waals surface area contributed by atoms with Crippen LogP contribution in [0.15, 0.2) is 12.3 Å². The van der Waals surface area contributed by atoms with Gasteiger partial charge in [-0.2, -0.15) is 0 Å². The summed E-state index contributed by atoms with van der Waals surface area (Å²) < 4.78 is 2.25. The molecule has 3 nitrogen and oxygen atoms in total. The molecular formula is C16H24ClN3. The molecule has 110 valence electrons. The monoisotopic (exact) mass is 293 g/mol. The number of aryl methyl sites for hydroxylation is 2. The normalized spacial score (nSPS) is 12.6. The van der Waals surface area contributed by atoms with Gasteiger partial charge in [-0.15, -0.1) is 11.6 Å². The van der Waals surface area contributed by atoms with E-state index in [0.29, 0.717) is 11.8 Å². The van der Waals surface area contributed by atoms with Gasteiger partial charge in [0.1, 0.15) is 11.3 Å². The largest absolute Gasteiger partial charge is 0.312 e. The van der Waals surface area contributed by atoms with Crippen molar-refractivity contribution in [2.24, 2.45) is 11.3 Å². The summed E-state index contributed by atoms with van der Waals surface area (Å²) in [5.74, 6) is 2.22. The third kappa shape index (κ3) is 2.98. The quantitative estimate of drug-likeness (QED) is 0.773. The molecule has 0 aliphatic rings. The molecule has 2 aromatic rings. The zero-order valence-electron chi connectivity index (χ0n) is 13.1. The standard InChI is InChI=1S/C16H24ClN3/c1-11(2)16(4,5)10-20-14(6-7-17)19-13-8-12(3)9-18-15(13)20/h8-9,11H,6-7,10H2,1-5H3. The lowest BCUT2D eigenvalue weighted by Gasteiger charge is -2.30. The fourth-order valence-corrected chi connectivity index (χ4v) is 2.36. The smallest absolute Gasteiger partial charge is 0.160 e. The number of imidazole rings is 1. The fourth-order valence-electron chi connectivity index (χ4n) is 2.19. The van der Waals surface area contributed by atoms with Crippen LogP contribution in [0.25, 0.3) is 11.2 Å². The maximum atomic E-state index is 5.93. The summed E-state index contributed by atoms with van der Waals surface area (Å²) in [7, 11) is 0. The molecule has 0 unspecified atom stereocenters. The minimum atomic E-state index is 0.196. The SMILES string of the molecule is Cc1cnc2c(c1)nc(CCCl)n2CC(C)(C)C(C)C. The van der Waals surface area contributed by atoms with Gasteiger partial charge in [0.15, 0.2) is 5.65 Å². The van der Waals surface area contributed by atoms with Crippen LogP contribution in [-0.2, 0) is 13.0 Å². The molecule has 0 aromatic carbocycles. The predicted octanol–water partition coefficient (Wildman–Crippen LogP) is 4.20. The number of pyridine rings is 1. The molecule has 2 rings (SSSR count). The Morgan fingerprint density at radius 1 is 1.35 bits per heavy atom. The number of fused-ring (bicyclic) bond motifs is 1. The summed E-state index contributed by atoms with van der Waals surface area (Å²) in [6.07, 6.45) is 2.69. The Labute approximate surface area is 126 Å². The first-order valence-corrected chi connectivity index (χ1v) is 7.76. The number of alkyl halides is 1. The van der Waals surface area contributed by atoms with Crippen LogP contribution >= 0.6 is 11.6 Å². The molecule has 0 radical (unpaired) electrons. The van der Waals surface area contributed by atoms with Crippen molar-refractivity contribution in [3.63, 3.8) is 0 Å². The lowest BCUT2D eigenvalue weighted by atomic mass is 9.81. The minimum Gasteiger partial charge on any atom is -0.312 e. The van der Waals surface area contributed by atoms with Crippen molar-refractivity contribution < 1.29 is 0 Å². The van der Waals surface area contributed by atoms with Gasteiger partial charge < -0.3 is 4.57 Å². The third-order valence-corrected chi connectivity index (χ3v) is 4.44. The van der Waals surface area contributed by atoms with E-state index < -0.39 is 0 Å². The Morgan fingerprint density at radius 2 is 2.05 bits per heavy atom. The van der Waals surface area contributed by atoms with E-state index in [1.807, 2.05) is 13.1 Å². The third-order valence-electron chi connectivity index (χ3n) is 4.25. The van der Waals surface area contributed by atoms with Crippen molar-refractivity contribution >= 4 is 22.8 Å². The molecule has 0 amide bonds. The first-order valence-electron chi connectivity index (χ1n) is 7.23. The van der Waals surface area contributed by atoms with Gasteiger partial charge in [0.05, 0.1) is 0 Å². The van der Waals surface area contributed by atoms with Crippen molar-refractivity contribution in [3.8, 4) is 0 Å². The van der Waals surface area contributed by atoms with E-state index in [1.54, 1.807) is 0 Å². The Bertz CT molecular complexity index is 599. The zero-order valence-corrected chi connectivity index (χ0v) is 13.8. The predicted molar refractivity (Wildman–Crippen MR) is 85.3 cm³/mol. The van der Waals surface area contributed by atoms with Crippen LogP contribution in [0.1, 0.15) is 39.1 Å². The molecule has 4 heteroatoms. The maximum Gasteiger partial charge on any atom is 0.160 e. The van der Waals surface area contributed by atoms with Gasteiger partial charge in [-0.05, 0) is 29.9 Å². The van der Waals surface area contributed by atoms with E-state index in [-0.39, 0.29) is 5.41 Å². The fraction of sp³-hybridized carbons (Fsp3) is 0.625. The van der Waals surface area contributed by atoms with Crippen LogP contribution in [0.4, 0.5) is 0 Å². The molecule has 2 aromatic heterocycles. The minimum absolute atomic E-state index is 0.196. The van der Waals surface area contributed by atoms with Gasteiger partial charge in [0, 0.05) is 25.0 Å². The van der Waals surface area contributed by atoms with Gasteiger partial charge in [0.2, 0.25) is 0 Å². The van der Waals surface area contributed by atoms with E-state index >= 15 is 0 Å². The van der Waals surface area contributed by atoms with Crippen LogP contribution in [0.2, 0.25) is 0 Å². The second kappa shape index (κ2) is 5.72. The highest BCUT2D eigenvalue weighted by Crippen LogP contribution is 2.30. The van der Waals surface area contributed by atoms with E-state index in [0.717, 1.165) is 35.5 Å². The Kier molecular flexibility index (Phi) is 4.38. The van der Waals surface area contributed by atoms with Crippen LogP contribution in [-0.4, -0.2) is 20.4 Å². The summed E-state index contributed by atoms with van der Waals surface area (Å²) in [6, 6.07) is 2.10. The van der Waals surface area contributed by atoms with Gasteiger partial charge >= 0.3 is 0 Å². The first-order chi connectivity index (χ1) is 9.35. The summed E-state index contributed by atoms with van der Waals surface area (Å²) in [4.78, 5) is 9.31. The summed E-state index contributed by atoms with van der Waals surface area (Å²) in [5, 5.41) is 0. The molecule has 0 saturated heterocycles. The number of nitrogens with zero attached hydrogens (tertiary/aromatic N) is 3. The lowest BCUT2D eigenvalue weighted by Crippen LogP contribution is -2.26. The van der Waals surface area contributed by atoms with Gasteiger partial charge in [-0.3, -0.25) is 0 Å². The molecule has 0 aliphatic carbocycles. The number of rotatable bonds is 5. The second-order valence-corrected chi connectivity index (χ2v) is 6.93. The number of hydrogen-bond acceptors (Lipinski definition) is 2. The molecule has 0 atom stereocenters. The van der Waals surface area contributed by atoms with Crippen molar-refractivity contribution in [2.45, 2.75) is 47.6 Å². The van der Waals surface area contributed by atoms with Crippen molar-refractivity contribution in [2.75, 3.05) is 5.88 Å². The highest BCUT2D eigenvalue weighted by Gasteiger charge is 2.25. The average Bonchev–Trinajstić information content (AvgIpc) is 2.66. The molecule has 0 fully saturated rings. The molecule has 0 bridgehead atoms. The van der Waals surface area contributed by atoms with Gasteiger partial charge in [0.25, 0.3) is 0 Å². The van der Waals surface area contributed by atoms with E-state index in [9.17, 15) is 0 Å². The highest BCUT2D eigenvalue weighted by atomic mass is 35.5. The molecule has 2 heterocycles. The zero-order chi connectivity index (χ0) is 14.9. The summed E-state index contributed by atoms with van der Waals surface area (Å²) >= 11 is 5.93.